The summed E-state index contributed by atoms with van der Waals surface area (Å²) in [6.45, 7) is 2.04. The Morgan fingerprint density at radius 3 is 1.91 bits per heavy atom. The SMILES string of the molecule is C[C@@H](CCc1ccccc1)NC(=O)Cn1c(=O)c(=O)n(Cc2ccccc2)c2ccccc21. The van der Waals surface area contributed by atoms with Gasteiger partial charge < -0.3 is 5.32 Å². The van der Waals surface area contributed by atoms with Crippen molar-refractivity contribution >= 4 is 16.9 Å². The standard InChI is InChI=1S/C27H27N3O3/c1-20(16-17-21-10-4-2-5-11-21)28-25(31)19-30-24-15-9-8-14-23(24)29(26(32)27(30)33)18-22-12-6-3-7-13-22/h2-15,20H,16-19H2,1H3,(H,28,31)/t20-/m0/s1. The van der Waals surface area contributed by atoms with Gasteiger partial charge in [-0.3, -0.25) is 23.5 Å². The van der Waals surface area contributed by atoms with Crippen molar-refractivity contribution in [2.75, 3.05) is 0 Å². The molecule has 1 atom stereocenters. The summed E-state index contributed by atoms with van der Waals surface area (Å²) in [6, 6.07) is 26.7. The zero-order valence-corrected chi connectivity index (χ0v) is 18.6. The van der Waals surface area contributed by atoms with Crippen LogP contribution in [-0.2, 0) is 24.3 Å². The summed E-state index contributed by atoms with van der Waals surface area (Å²) in [5.74, 6) is -0.289. The third-order valence-corrected chi connectivity index (χ3v) is 5.74. The molecule has 3 aromatic carbocycles. The predicted octanol–water partition coefficient (Wildman–Crippen LogP) is 3.35. The van der Waals surface area contributed by atoms with E-state index in [2.05, 4.69) is 17.4 Å². The molecule has 0 aliphatic rings. The summed E-state index contributed by atoms with van der Waals surface area (Å²) in [5.41, 5.74) is 1.98. The van der Waals surface area contributed by atoms with Crippen molar-refractivity contribution in [1.29, 1.82) is 0 Å². The van der Waals surface area contributed by atoms with Crippen LogP contribution in [0.1, 0.15) is 24.5 Å². The van der Waals surface area contributed by atoms with E-state index in [9.17, 15) is 14.4 Å². The first-order valence-electron chi connectivity index (χ1n) is 11.1. The number of aromatic nitrogens is 2. The lowest BCUT2D eigenvalue weighted by Gasteiger charge is -2.17. The number of amides is 1. The molecule has 0 aliphatic heterocycles. The zero-order chi connectivity index (χ0) is 23.2. The van der Waals surface area contributed by atoms with Gasteiger partial charge in [-0.1, -0.05) is 72.8 Å². The number of benzene rings is 3. The Labute approximate surface area is 192 Å². The molecule has 0 bridgehead atoms. The highest BCUT2D eigenvalue weighted by atomic mass is 16.2. The molecule has 6 heteroatoms. The van der Waals surface area contributed by atoms with E-state index in [0.29, 0.717) is 17.6 Å². The Morgan fingerprint density at radius 1 is 0.758 bits per heavy atom. The zero-order valence-electron chi connectivity index (χ0n) is 18.6. The molecular formula is C27H27N3O3. The molecule has 4 aromatic rings. The number of fused-ring (bicyclic) bond motifs is 1. The number of hydrogen-bond donors (Lipinski definition) is 1. The van der Waals surface area contributed by atoms with E-state index in [4.69, 9.17) is 0 Å². The molecule has 0 spiro atoms. The number of hydrogen-bond acceptors (Lipinski definition) is 3. The Kier molecular flexibility index (Phi) is 6.83. The predicted molar refractivity (Wildman–Crippen MR) is 130 cm³/mol. The van der Waals surface area contributed by atoms with Gasteiger partial charge in [0.15, 0.2) is 0 Å². The van der Waals surface area contributed by atoms with Crippen LogP contribution in [0.15, 0.2) is 94.5 Å². The van der Waals surface area contributed by atoms with Gasteiger partial charge in [-0.05, 0) is 43.0 Å². The Hall–Kier alpha value is -3.93. The minimum absolute atomic E-state index is 0.0573. The summed E-state index contributed by atoms with van der Waals surface area (Å²) in [6.07, 6.45) is 1.63. The first-order chi connectivity index (χ1) is 16.0. The van der Waals surface area contributed by atoms with Gasteiger partial charge in [-0.2, -0.15) is 0 Å². The second-order valence-electron chi connectivity index (χ2n) is 8.25. The van der Waals surface area contributed by atoms with E-state index in [0.717, 1.165) is 18.4 Å². The van der Waals surface area contributed by atoms with Crippen molar-refractivity contribution in [3.63, 3.8) is 0 Å². The second kappa shape index (κ2) is 10.1. The molecule has 0 radical (unpaired) electrons. The van der Waals surface area contributed by atoms with Crippen LogP contribution in [0.2, 0.25) is 0 Å². The summed E-state index contributed by atoms with van der Waals surface area (Å²) < 4.78 is 2.75. The van der Waals surface area contributed by atoms with Crippen LogP contribution in [0, 0.1) is 0 Å². The lowest BCUT2D eigenvalue weighted by molar-refractivity contribution is -0.122. The fourth-order valence-corrected chi connectivity index (χ4v) is 4.01. The fraction of sp³-hybridized carbons (Fsp3) is 0.222. The monoisotopic (exact) mass is 441 g/mol. The summed E-state index contributed by atoms with van der Waals surface area (Å²) in [5, 5.41) is 2.96. The molecule has 4 rings (SSSR count). The minimum Gasteiger partial charge on any atom is -0.352 e. The molecule has 0 unspecified atom stereocenters. The maximum Gasteiger partial charge on any atom is 0.317 e. The maximum absolute atomic E-state index is 13.0. The van der Waals surface area contributed by atoms with Crippen LogP contribution in [0.5, 0.6) is 0 Å². The van der Waals surface area contributed by atoms with Crippen LogP contribution in [0.25, 0.3) is 11.0 Å². The molecule has 0 saturated carbocycles. The number of rotatable bonds is 8. The van der Waals surface area contributed by atoms with Gasteiger partial charge in [0.05, 0.1) is 17.6 Å². The van der Waals surface area contributed by atoms with E-state index in [1.807, 2.05) is 61.5 Å². The largest absolute Gasteiger partial charge is 0.352 e. The Bertz CT molecular complexity index is 1360. The third kappa shape index (κ3) is 5.29. The number of aryl methyl sites for hydroxylation is 1. The highest BCUT2D eigenvalue weighted by Crippen LogP contribution is 2.12. The van der Waals surface area contributed by atoms with Gasteiger partial charge in [-0.15, -0.1) is 0 Å². The van der Waals surface area contributed by atoms with Crippen molar-refractivity contribution in [3.8, 4) is 0 Å². The molecular weight excluding hydrogens is 414 g/mol. The van der Waals surface area contributed by atoms with Crippen molar-refractivity contribution < 1.29 is 4.79 Å². The molecule has 1 amide bonds. The maximum atomic E-state index is 13.0. The number of nitrogens with zero attached hydrogens (tertiary/aromatic N) is 2. The molecule has 33 heavy (non-hydrogen) atoms. The van der Waals surface area contributed by atoms with Crippen LogP contribution >= 0.6 is 0 Å². The van der Waals surface area contributed by atoms with Crippen molar-refractivity contribution in [1.82, 2.24) is 14.5 Å². The van der Waals surface area contributed by atoms with Gasteiger partial charge in [0.2, 0.25) is 5.91 Å². The fourth-order valence-electron chi connectivity index (χ4n) is 4.01. The van der Waals surface area contributed by atoms with Gasteiger partial charge in [0.25, 0.3) is 0 Å². The summed E-state index contributed by atoms with van der Waals surface area (Å²) in [7, 11) is 0. The van der Waals surface area contributed by atoms with Crippen LogP contribution in [0.3, 0.4) is 0 Å². The highest BCUT2D eigenvalue weighted by molar-refractivity contribution is 5.80. The first kappa shape index (κ1) is 22.3. The molecule has 1 N–H and O–H groups in total. The first-order valence-corrected chi connectivity index (χ1v) is 11.1. The second-order valence-corrected chi connectivity index (χ2v) is 8.25. The van der Waals surface area contributed by atoms with Crippen molar-refractivity contribution in [3.05, 3.63) is 117 Å². The molecule has 0 saturated heterocycles. The van der Waals surface area contributed by atoms with Gasteiger partial charge in [-0.25, -0.2) is 0 Å². The average Bonchev–Trinajstić information content (AvgIpc) is 2.84. The lowest BCUT2D eigenvalue weighted by Crippen LogP contribution is -2.45. The van der Waals surface area contributed by atoms with Gasteiger partial charge in [0.1, 0.15) is 6.54 Å². The van der Waals surface area contributed by atoms with Gasteiger partial charge in [0, 0.05) is 6.04 Å². The van der Waals surface area contributed by atoms with Crippen LogP contribution in [0.4, 0.5) is 0 Å². The molecule has 1 heterocycles. The van der Waals surface area contributed by atoms with Crippen molar-refractivity contribution in [2.24, 2.45) is 0 Å². The Balaban J connectivity index is 1.55. The van der Waals surface area contributed by atoms with Crippen molar-refractivity contribution in [2.45, 2.75) is 38.9 Å². The summed E-state index contributed by atoms with van der Waals surface area (Å²) >= 11 is 0. The topological polar surface area (TPSA) is 73.1 Å². The smallest absolute Gasteiger partial charge is 0.317 e. The Morgan fingerprint density at radius 2 is 1.27 bits per heavy atom. The van der Waals surface area contributed by atoms with Crippen LogP contribution < -0.4 is 16.4 Å². The van der Waals surface area contributed by atoms with E-state index >= 15 is 0 Å². The molecule has 1 aromatic heterocycles. The van der Waals surface area contributed by atoms with E-state index < -0.39 is 11.1 Å². The summed E-state index contributed by atoms with van der Waals surface area (Å²) in [4.78, 5) is 38.7. The molecule has 168 valence electrons. The van der Waals surface area contributed by atoms with E-state index in [1.54, 1.807) is 18.2 Å². The molecule has 6 nitrogen and oxygen atoms in total. The highest BCUT2D eigenvalue weighted by Gasteiger charge is 2.16. The average molecular weight is 442 g/mol. The third-order valence-electron chi connectivity index (χ3n) is 5.74. The quantitative estimate of drug-likeness (QED) is 0.426. The normalized spacial score (nSPS) is 11.9. The number of carbonyl (C=O) groups is 1. The number of nitrogens with one attached hydrogen (secondary N) is 1. The minimum atomic E-state index is -0.697. The number of para-hydroxylation sites is 2. The van der Waals surface area contributed by atoms with Crippen LogP contribution in [-0.4, -0.2) is 21.1 Å². The number of carbonyl (C=O) groups excluding carboxylic acids is 1. The molecule has 0 fully saturated rings. The van der Waals surface area contributed by atoms with E-state index in [1.165, 1.54) is 14.7 Å². The lowest BCUT2D eigenvalue weighted by atomic mass is 10.1. The molecule has 0 aliphatic carbocycles. The van der Waals surface area contributed by atoms with E-state index in [-0.39, 0.29) is 18.5 Å². The van der Waals surface area contributed by atoms with Gasteiger partial charge >= 0.3 is 11.1 Å².